The minimum Gasteiger partial charge on any atom is -0.454 e. The molecular weight excluding hydrogens is 394 g/mol. The molecule has 0 saturated heterocycles. The fraction of sp³-hybridized carbons (Fsp3) is 0.318. The van der Waals surface area contributed by atoms with E-state index in [0.717, 1.165) is 11.6 Å². The predicted octanol–water partition coefficient (Wildman–Crippen LogP) is 2.92. The van der Waals surface area contributed by atoms with E-state index in [2.05, 4.69) is 5.32 Å². The normalized spacial score (nSPS) is 11.7. The SMILES string of the molecule is CC(C)[C@H](NC(=O)c1ccccc1F)C(=O)OCC(=O)N(C)Cc1ccc(F)cc1. The zero-order valence-electron chi connectivity index (χ0n) is 17.0. The van der Waals surface area contributed by atoms with E-state index in [1.165, 1.54) is 42.3 Å². The van der Waals surface area contributed by atoms with Crippen LogP contribution in [0.1, 0.15) is 29.8 Å². The molecule has 0 fully saturated rings. The second kappa shape index (κ2) is 10.5. The zero-order valence-corrected chi connectivity index (χ0v) is 17.0. The smallest absolute Gasteiger partial charge is 0.329 e. The Hall–Kier alpha value is -3.29. The maximum Gasteiger partial charge on any atom is 0.329 e. The maximum absolute atomic E-state index is 13.8. The molecule has 0 aliphatic heterocycles. The van der Waals surface area contributed by atoms with Crippen LogP contribution in [0.15, 0.2) is 48.5 Å². The average Bonchev–Trinajstić information content (AvgIpc) is 2.71. The lowest BCUT2D eigenvalue weighted by Gasteiger charge is -2.22. The van der Waals surface area contributed by atoms with E-state index in [1.807, 2.05) is 0 Å². The van der Waals surface area contributed by atoms with Gasteiger partial charge in [0.1, 0.15) is 17.7 Å². The van der Waals surface area contributed by atoms with E-state index in [4.69, 9.17) is 4.74 Å². The first-order chi connectivity index (χ1) is 14.2. The molecule has 0 radical (unpaired) electrons. The summed E-state index contributed by atoms with van der Waals surface area (Å²) in [6, 6.07) is 10.1. The van der Waals surface area contributed by atoms with Gasteiger partial charge in [-0.1, -0.05) is 38.1 Å². The van der Waals surface area contributed by atoms with Crippen LogP contribution in [0.3, 0.4) is 0 Å². The summed E-state index contributed by atoms with van der Waals surface area (Å²) >= 11 is 0. The highest BCUT2D eigenvalue weighted by atomic mass is 19.1. The number of rotatable bonds is 8. The lowest BCUT2D eigenvalue weighted by Crippen LogP contribution is -2.46. The van der Waals surface area contributed by atoms with Crippen molar-refractivity contribution in [2.24, 2.45) is 5.92 Å². The molecule has 30 heavy (non-hydrogen) atoms. The van der Waals surface area contributed by atoms with Crippen LogP contribution >= 0.6 is 0 Å². The third-order valence-corrected chi connectivity index (χ3v) is 4.42. The Balaban J connectivity index is 1.92. The van der Waals surface area contributed by atoms with Gasteiger partial charge in [-0.2, -0.15) is 0 Å². The summed E-state index contributed by atoms with van der Waals surface area (Å²) in [5.41, 5.74) is 0.529. The Labute approximate surface area is 173 Å². The summed E-state index contributed by atoms with van der Waals surface area (Å²) in [5.74, 6) is -3.43. The Morgan fingerprint density at radius 2 is 1.67 bits per heavy atom. The van der Waals surface area contributed by atoms with Gasteiger partial charge in [0.2, 0.25) is 0 Å². The summed E-state index contributed by atoms with van der Waals surface area (Å²) in [5, 5.41) is 2.46. The van der Waals surface area contributed by atoms with E-state index in [9.17, 15) is 23.2 Å². The Kier molecular flexibility index (Phi) is 8.03. The molecule has 0 saturated carbocycles. The van der Waals surface area contributed by atoms with Crippen LogP contribution < -0.4 is 5.32 Å². The largest absolute Gasteiger partial charge is 0.454 e. The molecule has 1 atom stereocenters. The average molecular weight is 418 g/mol. The number of halogens is 2. The molecule has 2 amide bonds. The second-order valence-corrected chi connectivity index (χ2v) is 7.16. The van der Waals surface area contributed by atoms with Crippen molar-refractivity contribution >= 4 is 17.8 Å². The van der Waals surface area contributed by atoms with Crippen LogP contribution in [0.2, 0.25) is 0 Å². The minimum absolute atomic E-state index is 0.189. The first-order valence-corrected chi connectivity index (χ1v) is 9.39. The number of nitrogens with one attached hydrogen (secondary N) is 1. The number of nitrogens with zero attached hydrogens (tertiary/aromatic N) is 1. The van der Waals surface area contributed by atoms with E-state index in [-0.39, 0.29) is 23.8 Å². The number of likely N-dealkylation sites (N-methyl/N-ethyl adjacent to an activating group) is 1. The van der Waals surface area contributed by atoms with Gasteiger partial charge in [-0.25, -0.2) is 13.6 Å². The van der Waals surface area contributed by atoms with Crippen LogP contribution in [0.5, 0.6) is 0 Å². The summed E-state index contributed by atoms with van der Waals surface area (Å²) in [6.07, 6.45) is 0. The molecule has 6 nitrogen and oxygen atoms in total. The fourth-order valence-corrected chi connectivity index (χ4v) is 2.65. The van der Waals surface area contributed by atoms with Gasteiger partial charge in [-0.3, -0.25) is 9.59 Å². The molecular formula is C22H24F2N2O4. The van der Waals surface area contributed by atoms with Crippen molar-refractivity contribution in [3.8, 4) is 0 Å². The van der Waals surface area contributed by atoms with Gasteiger partial charge in [-0.15, -0.1) is 0 Å². The molecule has 2 aromatic carbocycles. The molecule has 0 aliphatic rings. The van der Waals surface area contributed by atoms with E-state index in [0.29, 0.717) is 0 Å². The number of benzene rings is 2. The molecule has 0 aromatic heterocycles. The maximum atomic E-state index is 13.8. The highest BCUT2D eigenvalue weighted by Crippen LogP contribution is 2.10. The number of esters is 1. The zero-order chi connectivity index (χ0) is 22.3. The van der Waals surface area contributed by atoms with Crippen LogP contribution in [-0.4, -0.2) is 42.4 Å². The van der Waals surface area contributed by atoms with Gasteiger partial charge in [0.05, 0.1) is 5.56 Å². The van der Waals surface area contributed by atoms with E-state index >= 15 is 0 Å². The minimum atomic E-state index is -1.05. The monoisotopic (exact) mass is 418 g/mol. The molecule has 2 aromatic rings. The summed E-state index contributed by atoms with van der Waals surface area (Å²) in [6.45, 7) is 3.08. The van der Waals surface area contributed by atoms with Crippen molar-refractivity contribution < 1.29 is 27.9 Å². The van der Waals surface area contributed by atoms with Gasteiger partial charge in [0.25, 0.3) is 11.8 Å². The van der Waals surface area contributed by atoms with Gasteiger partial charge in [0, 0.05) is 13.6 Å². The predicted molar refractivity (Wildman–Crippen MR) is 106 cm³/mol. The van der Waals surface area contributed by atoms with Gasteiger partial charge in [0.15, 0.2) is 6.61 Å². The lowest BCUT2D eigenvalue weighted by molar-refractivity contribution is -0.154. The lowest BCUT2D eigenvalue weighted by atomic mass is 10.0. The second-order valence-electron chi connectivity index (χ2n) is 7.16. The van der Waals surface area contributed by atoms with Crippen molar-refractivity contribution in [3.63, 3.8) is 0 Å². The summed E-state index contributed by atoms with van der Waals surface area (Å²) in [4.78, 5) is 38.3. The van der Waals surface area contributed by atoms with Crippen molar-refractivity contribution in [2.75, 3.05) is 13.7 Å². The molecule has 2 rings (SSSR count). The standard InChI is InChI=1S/C22H24F2N2O4/c1-14(2)20(25-21(28)17-6-4-5-7-18(17)24)22(29)30-13-19(27)26(3)12-15-8-10-16(23)11-9-15/h4-11,14,20H,12-13H2,1-3H3,(H,25,28)/t20-/m0/s1. The van der Waals surface area contributed by atoms with Gasteiger partial charge in [-0.05, 0) is 35.7 Å². The first-order valence-electron chi connectivity index (χ1n) is 9.39. The molecule has 160 valence electrons. The molecule has 0 heterocycles. The third-order valence-electron chi connectivity index (χ3n) is 4.42. The Morgan fingerprint density at radius 3 is 2.27 bits per heavy atom. The number of carbonyl (C=O) groups excluding carboxylic acids is 3. The summed E-state index contributed by atoms with van der Waals surface area (Å²) < 4.78 is 31.8. The molecule has 0 spiro atoms. The molecule has 0 unspecified atom stereocenters. The summed E-state index contributed by atoms with van der Waals surface area (Å²) in [7, 11) is 1.53. The quantitative estimate of drug-likeness (QED) is 0.669. The topological polar surface area (TPSA) is 75.7 Å². The van der Waals surface area contributed by atoms with Crippen molar-refractivity contribution in [1.29, 1.82) is 0 Å². The Morgan fingerprint density at radius 1 is 1.03 bits per heavy atom. The van der Waals surface area contributed by atoms with Crippen molar-refractivity contribution in [3.05, 3.63) is 71.3 Å². The van der Waals surface area contributed by atoms with Crippen LogP contribution in [0.4, 0.5) is 8.78 Å². The van der Waals surface area contributed by atoms with Crippen LogP contribution in [0, 0.1) is 17.6 Å². The van der Waals surface area contributed by atoms with Crippen LogP contribution in [0.25, 0.3) is 0 Å². The van der Waals surface area contributed by atoms with Gasteiger partial charge >= 0.3 is 5.97 Å². The van der Waals surface area contributed by atoms with Crippen LogP contribution in [-0.2, 0) is 20.9 Å². The molecule has 1 N–H and O–H groups in total. The highest BCUT2D eigenvalue weighted by molar-refractivity contribution is 5.97. The van der Waals surface area contributed by atoms with E-state index < -0.39 is 36.2 Å². The van der Waals surface area contributed by atoms with Crippen molar-refractivity contribution in [1.82, 2.24) is 10.2 Å². The molecule has 0 aliphatic carbocycles. The Bertz CT molecular complexity index is 900. The number of hydrogen-bond acceptors (Lipinski definition) is 4. The fourth-order valence-electron chi connectivity index (χ4n) is 2.65. The molecule has 0 bridgehead atoms. The number of amides is 2. The third kappa shape index (κ3) is 6.37. The van der Waals surface area contributed by atoms with Gasteiger partial charge < -0.3 is 15.0 Å². The highest BCUT2D eigenvalue weighted by Gasteiger charge is 2.28. The van der Waals surface area contributed by atoms with E-state index in [1.54, 1.807) is 26.0 Å². The molecule has 8 heteroatoms. The first kappa shape index (κ1) is 23.0. The van der Waals surface area contributed by atoms with Crippen molar-refractivity contribution in [2.45, 2.75) is 26.4 Å². The number of hydrogen-bond donors (Lipinski definition) is 1. The number of carbonyl (C=O) groups is 3. The number of ether oxygens (including phenoxy) is 1.